The van der Waals surface area contributed by atoms with E-state index in [1.165, 1.54) is 17.3 Å². The number of alkyl halides is 3. The Morgan fingerprint density at radius 2 is 1.72 bits per heavy atom. The molecule has 6 rings (SSSR count). The van der Waals surface area contributed by atoms with Gasteiger partial charge in [-0.05, 0) is 66.6 Å². The van der Waals surface area contributed by atoms with Gasteiger partial charge in [-0.2, -0.15) is 18.2 Å². The van der Waals surface area contributed by atoms with E-state index < -0.39 is 33.4 Å². The van der Waals surface area contributed by atoms with Gasteiger partial charge in [0.15, 0.2) is 5.82 Å². The van der Waals surface area contributed by atoms with Crippen LogP contribution in [0, 0.1) is 0 Å². The minimum atomic E-state index is -4.68. The molecule has 0 saturated heterocycles. The maximum Gasteiger partial charge on any atom is 0.433 e. The topological polar surface area (TPSA) is 121 Å². The Morgan fingerprint density at radius 3 is 2.30 bits per heavy atom. The molecule has 43 heavy (non-hydrogen) atoms. The number of rotatable bonds is 5. The summed E-state index contributed by atoms with van der Waals surface area (Å²) in [4.78, 5) is 8.22. The number of hydrogen-bond acceptors (Lipinski definition) is 8. The molecule has 1 aliphatic heterocycles. The first-order valence-corrected chi connectivity index (χ1v) is 15.2. The van der Waals surface area contributed by atoms with Crippen molar-refractivity contribution in [3.63, 3.8) is 0 Å². The quantitative estimate of drug-likeness (QED) is 0.267. The van der Waals surface area contributed by atoms with Crippen molar-refractivity contribution < 1.29 is 31.2 Å². The standard InChI is InChI=1S/C30H30F3N5O4S/c1-17(39)26-36-27(37-42-26)29(13-14-29)20-8-11-22-23(15-20)38(16-18-5-12-24(30(31,32)33)35-25(18)34-22)43(40,41)21-9-6-19(7-10-21)28(2,3)4/h5-12,15,17,39H,13-14,16H2,1-4H3,(H,34,35)/t17-/m1/s1. The molecule has 0 spiro atoms. The van der Waals surface area contributed by atoms with Crippen molar-refractivity contribution >= 4 is 27.2 Å². The molecular weight excluding hydrogens is 583 g/mol. The van der Waals surface area contributed by atoms with Crippen molar-refractivity contribution in [2.24, 2.45) is 0 Å². The highest BCUT2D eigenvalue weighted by Gasteiger charge is 2.51. The summed E-state index contributed by atoms with van der Waals surface area (Å²) in [6.07, 6.45) is -4.30. The Balaban J connectivity index is 1.49. The van der Waals surface area contributed by atoms with E-state index in [9.17, 15) is 26.7 Å². The summed E-state index contributed by atoms with van der Waals surface area (Å²) in [7, 11) is -4.20. The summed E-state index contributed by atoms with van der Waals surface area (Å²) in [6.45, 7) is 7.33. The lowest BCUT2D eigenvalue weighted by Crippen LogP contribution is -2.30. The lowest BCUT2D eigenvalue weighted by atomic mass is 9.87. The fourth-order valence-corrected chi connectivity index (χ4v) is 6.68. The predicted molar refractivity (Wildman–Crippen MR) is 152 cm³/mol. The van der Waals surface area contributed by atoms with Crippen LogP contribution in [0.5, 0.6) is 0 Å². The number of nitrogens with one attached hydrogen (secondary N) is 1. The number of sulfonamides is 1. The Kier molecular flexibility index (Phi) is 6.62. The van der Waals surface area contributed by atoms with Crippen LogP contribution in [0.1, 0.15) is 80.7 Å². The van der Waals surface area contributed by atoms with Crippen molar-refractivity contribution in [3.8, 4) is 0 Å². The Labute approximate surface area is 246 Å². The van der Waals surface area contributed by atoms with Crippen molar-refractivity contribution in [1.29, 1.82) is 0 Å². The minimum Gasteiger partial charge on any atom is -0.384 e. The number of anilines is 3. The molecule has 1 aliphatic carbocycles. The molecule has 9 nitrogen and oxygen atoms in total. The van der Waals surface area contributed by atoms with Crippen LogP contribution >= 0.6 is 0 Å². The minimum absolute atomic E-state index is 0.0426. The molecule has 1 fully saturated rings. The van der Waals surface area contributed by atoms with Crippen molar-refractivity contribution in [2.45, 2.75) is 75.1 Å². The molecule has 226 valence electrons. The van der Waals surface area contributed by atoms with Crippen LogP contribution in [-0.2, 0) is 33.6 Å². The van der Waals surface area contributed by atoms with Crippen LogP contribution in [-0.4, -0.2) is 28.6 Å². The number of aliphatic hydroxyl groups excluding tert-OH is 1. The average molecular weight is 614 g/mol. The molecule has 2 aliphatic rings. The normalized spacial score (nSPS) is 17.0. The second kappa shape index (κ2) is 9.78. The van der Waals surface area contributed by atoms with E-state index in [0.717, 1.165) is 11.6 Å². The molecule has 0 bridgehead atoms. The fourth-order valence-electron chi connectivity index (χ4n) is 5.22. The zero-order chi connectivity index (χ0) is 30.9. The van der Waals surface area contributed by atoms with Gasteiger partial charge in [0.2, 0.25) is 0 Å². The number of pyridine rings is 1. The fraction of sp³-hybridized carbons (Fsp3) is 0.367. The molecule has 2 N–H and O–H groups in total. The van der Waals surface area contributed by atoms with E-state index in [0.29, 0.717) is 24.2 Å². The highest BCUT2D eigenvalue weighted by Crippen LogP contribution is 2.54. The van der Waals surface area contributed by atoms with E-state index in [4.69, 9.17) is 4.52 Å². The molecule has 1 atom stereocenters. The highest BCUT2D eigenvalue weighted by molar-refractivity contribution is 7.92. The summed E-state index contributed by atoms with van der Waals surface area (Å²) in [5.74, 6) is 0.366. The first-order valence-electron chi connectivity index (χ1n) is 13.7. The van der Waals surface area contributed by atoms with Gasteiger partial charge in [0.1, 0.15) is 17.6 Å². The van der Waals surface area contributed by atoms with E-state index in [2.05, 4.69) is 20.4 Å². The summed E-state index contributed by atoms with van der Waals surface area (Å²) in [5, 5.41) is 16.9. The van der Waals surface area contributed by atoms with E-state index in [-0.39, 0.29) is 45.5 Å². The number of aromatic nitrogens is 3. The average Bonchev–Trinajstić information content (AvgIpc) is 3.63. The van der Waals surface area contributed by atoms with Gasteiger partial charge in [0.25, 0.3) is 15.9 Å². The molecule has 13 heteroatoms. The number of aliphatic hydroxyl groups is 1. The largest absolute Gasteiger partial charge is 0.433 e. The molecular formula is C30H30F3N5O4S. The number of halogens is 3. The molecule has 2 aromatic carbocycles. The monoisotopic (exact) mass is 613 g/mol. The van der Waals surface area contributed by atoms with Gasteiger partial charge in [0, 0.05) is 5.56 Å². The first-order chi connectivity index (χ1) is 20.1. The number of nitrogens with zero attached hydrogens (tertiary/aromatic N) is 4. The molecule has 4 aromatic rings. The lowest BCUT2D eigenvalue weighted by molar-refractivity contribution is -0.141. The van der Waals surface area contributed by atoms with E-state index in [1.54, 1.807) is 42.5 Å². The summed E-state index contributed by atoms with van der Waals surface area (Å²) < 4.78 is 75.5. The number of fused-ring (bicyclic) bond motifs is 2. The molecule has 0 radical (unpaired) electrons. The third kappa shape index (κ3) is 5.14. The van der Waals surface area contributed by atoms with Gasteiger partial charge >= 0.3 is 6.18 Å². The van der Waals surface area contributed by atoms with Gasteiger partial charge < -0.3 is 14.9 Å². The zero-order valence-corrected chi connectivity index (χ0v) is 24.7. The maximum absolute atomic E-state index is 14.3. The van der Waals surface area contributed by atoms with Crippen LogP contribution in [0.3, 0.4) is 0 Å². The summed E-state index contributed by atoms with van der Waals surface area (Å²) >= 11 is 0. The van der Waals surface area contributed by atoms with Gasteiger partial charge in [0.05, 0.1) is 28.2 Å². The summed E-state index contributed by atoms with van der Waals surface area (Å²) in [5.41, 5.74) is 0.523. The third-order valence-electron chi connectivity index (χ3n) is 7.94. The van der Waals surface area contributed by atoms with E-state index in [1.807, 2.05) is 20.8 Å². The second-order valence-corrected chi connectivity index (χ2v) is 13.9. The Bertz CT molecular complexity index is 1810. The third-order valence-corrected chi connectivity index (χ3v) is 9.71. The van der Waals surface area contributed by atoms with Crippen molar-refractivity contribution in [2.75, 3.05) is 9.62 Å². The predicted octanol–water partition coefficient (Wildman–Crippen LogP) is 6.37. The molecule has 3 heterocycles. The van der Waals surface area contributed by atoms with Gasteiger partial charge in [-0.1, -0.05) is 50.2 Å². The zero-order valence-electron chi connectivity index (χ0n) is 23.9. The first kappa shape index (κ1) is 29.1. The van der Waals surface area contributed by atoms with Crippen LogP contribution < -0.4 is 9.62 Å². The van der Waals surface area contributed by atoms with Crippen LogP contribution in [0.15, 0.2) is 64.0 Å². The molecule has 0 amide bonds. The van der Waals surface area contributed by atoms with Crippen molar-refractivity contribution in [3.05, 3.63) is 88.7 Å². The highest BCUT2D eigenvalue weighted by atomic mass is 32.2. The number of benzene rings is 2. The van der Waals surface area contributed by atoms with Crippen LogP contribution in [0.4, 0.5) is 30.4 Å². The Hall–Kier alpha value is -3.97. The molecule has 0 unspecified atom stereocenters. The van der Waals surface area contributed by atoms with Gasteiger partial charge in [-0.3, -0.25) is 4.31 Å². The number of hydrogen-bond donors (Lipinski definition) is 2. The van der Waals surface area contributed by atoms with Crippen LogP contribution in [0.2, 0.25) is 0 Å². The smallest absolute Gasteiger partial charge is 0.384 e. The molecule has 2 aromatic heterocycles. The van der Waals surface area contributed by atoms with Gasteiger partial charge in [-0.25, -0.2) is 13.4 Å². The Morgan fingerprint density at radius 1 is 1.02 bits per heavy atom. The summed E-state index contributed by atoms with van der Waals surface area (Å²) in [6, 6.07) is 13.8. The van der Waals surface area contributed by atoms with Crippen LogP contribution in [0.25, 0.3) is 0 Å². The van der Waals surface area contributed by atoms with Gasteiger partial charge in [-0.15, -0.1) is 0 Å². The lowest BCUT2D eigenvalue weighted by Gasteiger charge is -2.26. The second-order valence-electron chi connectivity index (χ2n) is 12.1. The SMILES string of the molecule is C[C@@H](O)c1nc(C2(c3ccc4c(c3)N(S(=O)(=O)c3ccc(C(C)(C)C)cc3)Cc3ccc(C(F)(F)F)nc3N4)CC2)no1. The van der Waals surface area contributed by atoms with E-state index >= 15 is 0 Å². The maximum atomic E-state index is 14.3. The van der Waals surface area contributed by atoms with Crippen molar-refractivity contribution in [1.82, 2.24) is 15.1 Å². The molecule has 1 saturated carbocycles.